The molecule has 0 spiro atoms. The molecule has 6 nitrogen and oxygen atoms in total. The Labute approximate surface area is 140 Å². The zero-order valence-corrected chi connectivity index (χ0v) is 13.3. The highest BCUT2D eigenvalue weighted by Crippen LogP contribution is 2.26. The first-order chi connectivity index (χ1) is 11.5. The number of carbonyl (C=O) groups is 1. The molecule has 0 aliphatic rings. The fraction of sp³-hybridized carbons (Fsp3) is 0.278. The van der Waals surface area contributed by atoms with Gasteiger partial charge < -0.3 is 25.4 Å². The lowest BCUT2D eigenvalue weighted by Crippen LogP contribution is -2.36. The molecule has 0 fully saturated rings. The lowest BCUT2D eigenvalue weighted by atomic mass is 9.99. The van der Waals surface area contributed by atoms with Gasteiger partial charge in [-0.2, -0.15) is 0 Å². The van der Waals surface area contributed by atoms with E-state index in [-0.39, 0.29) is 18.9 Å². The molecule has 24 heavy (non-hydrogen) atoms. The van der Waals surface area contributed by atoms with Crippen LogP contribution in [0.25, 0.3) is 0 Å². The van der Waals surface area contributed by atoms with Gasteiger partial charge >= 0.3 is 6.09 Å². The topological polar surface area (TPSA) is 99.0 Å². The minimum absolute atomic E-state index is 0.0361. The van der Waals surface area contributed by atoms with Crippen LogP contribution in [0.1, 0.15) is 22.8 Å². The highest BCUT2D eigenvalue weighted by Gasteiger charge is 2.21. The Morgan fingerprint density at radius 1 is 1.12 bits per heavy atom. The van der Waals surface area contributed by atoms with Crippen molar-refractivity contribution >= 4 is 6.09 Å². The molecule has 2 aromatic carbocycles. The van der Waals surface area contributed by atoms with Gasteiger partial charge in [0.15, 0.2) is 0 Å². The van der Waals surface area contributed by atoms with Gasteiger partial charge in [-0.15, -0.1) is 0 Å². The number of carbonyl (C=O) groups excluding carboxylic acids is 1. The average Bonchev–Trinajstić information content (AvgIpc) is 2.60. The van der Waals surface area contributed by atoms with Crippen molar-refractivity contribution in [2.24, 2.45) is 0 Å². The summed E-state index contributed by atoms with van der Waals surface area (Å²) in [6.07, 6.45) is -3.14. The summed E-state index contributed by atoms with van der Waals surface area (Å²) in [6.45, 7) is 1.59. The van der Waals surface area contributed by atoms with E-state index in [9.17, 15) is 20.1 Å². The summed E-state index contributed by atoms with van der Waals surface area (Å²) in [7, 11) is 0. The first-order valence-electron chi connectivity index (χ1n) is 7.58. The van der Waals surface area contributed by atoms with Gasteiger partial charge in [0.1, 0.15) is 24.6 Å². The van der Waals surface area contributed by atoms with E-state index in [0.717, 1.165) is 5.56 Å². The molecule has 0 radical (unpaired) electrons. The van der Waals surface area contributed by atoms with Crippen LogP contribution in [0.3, 0.4) is 0 Å². The third-order valence-electron chi connectivity index (χ3n) is 3.70. The molecular weight excluding hydrogens is 310 g/mol. The second-order valence-corrected chi connectivity index (χ2v) is 5.45. The van der Waals surface area contributed by atoms with E-state index >= 15 is 0 Å². The number of rotatable bonds is 6. The first kappa shape index (κ1) is 17.8. The van der Waals surface area contributed by atoms with Crippen molar-refractivity contribution in [3.63, 3.8) is 0 Å². The fourth-order valence-electron chi connectivity index (χ4n) is 2.24. The number of ether oxygens (including phenoxy) is 1. The van der Waals surface area contributed by atoms with Gasteiger partial charge in [0.2, 0.25) is 0 Å². The molecule has 0 aromatic heterocycles. The van der Waals surface area contributed by atoms with Gasteiger partial charge in [-0.3, -0.25) is 0 Å². The van der Waals surface area contributed by atoms with E-state index in [1.54, 1.807) is 19.1 Å². The Kier molecular flexibility index (Phi) is 6.17. The normalized spacial score (nSPS) is 13.1. The van der Waals surface area contributed by atoms with Gasteiger partial charge in [0.05, 0.1) is 0 Å². The number of benzene rings is 2. The lowest BCUT2D eigenvalue weighted by Gasteiger charge is -2.20. The highest BCUT2D eigenvalue weighted by atomic mass is 16.5. The molecule has 1 amide bonds. The Morgan fingerprint density at radius 2 is 1.83 bits per heavy atom. The molecule has 2 rings (SSSR count). The Balaban J connectivity index is 1.82. The molecule has 128 valence electrons. The predicted molar refractivity (Wildman–Crippen MR) is 88.4 cm³/mol. The number of alkyl carbamates (subject to hydrolysis) is 1. The Hall–Kier alpha value is -2.57. The summed E-state index contributed by atoms with van der Waals surface area (Å²) in [5, 5.41) is 32.2. The zero-order chi connectivity index (χ0) is 17.5. The number of phenolic OH excluding ortho intramolecular Hbond substituents is 1. The van der Waals surface area contributed by atoms with Crippen LogP contribution in [0.5, 0.6) is 5.75 Å². The van der Waals surface area contributed by atoms with Crippen LogP contribution in [-0.2, 0) is 11.3 Å². The third-order valence-corrected chi connectivity index (χ3v) is 3.70. The summed E-state index contributed by atoms with van der Waals surface area (Å²) in [5.74, 6) is 0.0361. The number of phenols is 1. The van der Waals surface area contributed by atoms with Gasteiger partial charge in [0.25, 0.3) is 0 Å². The number of hydrogen-bond acceptors (Lipinski definition) is 5. The molecule has 0 saturated carbocycles. The molecular formula is C18H21NO5. The Bertz CT molecular complexity index is 674. The van der Waals surface area contributed by atoms with Gasteiger partial charge in [-0.1, -0.05) is 42.5 Å². The monoisotopic (exact) mass is 331 g/mol. The lowest BCUT2D eigenvalue weighted by molar-refractivity contribution is 0.0179. The predicted octanol–water partition coefficient (Wildman–Crippen LogP) is 2.02. The van der Waals surface area contributed by atoms with Crippen molar-refractivity contribution in [2.75, 3.05) is 6.54 Å². The van der Waals surface area contributed by atoms with Crippen LogP contribution in [-0.4, -0.2) is 34.1 Å². The van der Waals surface area contributed by atoms with Gasteiger partial charge in [-0.05, 0) is 29.7 Å². The average molecular weight is 331 g/mol. The van der Waals surface area contributed by atoms with E-state index in [2.05, 4.69) is 5.32 Å². The SMILES string of the molecule is Cc1c(O)cccc1C(O)C(O)CNC(=O)OCc1ccccc1. The van der Waals surface area contributed by atoms with E-state index in [4.69, 9.17) is 4.74 Å². The molecule has 2 aromatic rings. The maximum absolute atomic E-state index is 11.6. The van der Waals surface area contributed by atoms with Crippen molar-refractivity contribution in [3.05, 3.63) is 65.2 Å². The molecule has 0 aliphatic heterocycles. The van der Waals surface area contributed by atoms with Crippen LogP contribution in [0.2, 0.25) is 0 Å². The van der Waals surface area contributed by atoms with Crippen molar-refractivity contribution in [1.82, 2.24) is 5.32 Å². The maximum atomic E-state index is 11.6. The van der Waals surface area contributed by atoms with E-state index < -0.39 is 18.3 Å². The summed E-state index contributed by atoms with van der Waals surface area (Å²) in [6, 6.07) is 13.9. The third kappa shape index (κ3) is 4.71. The van der Waals surface area contributed by atoms with Gasteiger partial charge in [0, 0.05) is 6.54 Å². The van der Waals surface area contributed by atoms with Crippen LogP contribution in [0.4, 0.5) is 4.79 Å². The van der Waals surface area contributed by atoms with Crippen molar-refractivity contribution in [3.8, 4) is 5.75 Å². The summed E-state index contributed by atoms with van der Waals surface area (Å²) in [4.78, 5) is 11.6. The number of aliphatic hydroxyl groups excluding tert-OH is 2. The van der Waals surface area contributed by atoms with Gasteiger partial charge in [-0.25, -0.2) is 4.79 Å². The van der Waals surface area contributed by atoms with Crippen molar-refractivity contribution < 1.29 is 24.9 Å². The molecule has 0 saturated heterocycles. The maximum Gasteiger partial charge on any atom is 0.407 e. The van der Waals surface area contributed by atoms with Crippen molar-refractivity contribution in [2.45, 2.75) is 25.7 Å². The number of aromatic hydroxyl groups is 1. The molecule has 0 heterocycles. The summed E-state index contributed by atoms with van der Waals surface area (Å²) >= 11 is 0. The molecule has 0 aliphatic carbocycles. The largest absolute Gasteiger partial charge is 0.508 e. The number of nitrogens with one attached hydrogen (secondary N) is 1. The summed E-state index contributed by atoms with van der Waals surface area (Å²) < 4.78 is 5.02. The number of hydrogen-bond donors (Lipinski definition) is 4. The molecule has 6 heteroatoms. The standard InChI is InChI=1S/C18H21NO5/c1-12-14(8-5-9-15(12)20)17(22)16(21)10-19-18(23)24-11-13-6-3-2-4-7-13/h2-9,16-17,20-22H,10-11H2,1H3,(H,19,23). The number of amides is 1. The van der Waals surface area contributed by atoms with Crippen molar-refractivity contribution in [1.29, 1.82) is 0 Å². The molecule has 2 atom stereocenters. The second kappa shape index (κ2) is 8.33. The highest BCUT2D eigenvalue weighted by molar-refractivity contribution is 5.67. The molecule has 4 N–H and O–H groups in total. The van der Waals surface area contributed by atoms with E-state index in [0.29, 0.717) is 11.1 Å². The second-order valence-electron chi connectivity index (χ2n) is 5.45. The minimum Gasteiger partial charge on any atom is -0.508 e. The van der Waals surface area contributed by atoms with E-state index in [1.165, 1.54) is 6.07 Å². The first-order valence-corrected chi connectivity index (χ1v) is 7.58. The number of aliphatic hydroxyl groups is 2. The Morgan fingerprint density at radius 3 is 2.54 bits per heavy atom. The van der Waals surface area contributed by atoms with Crippen LogP contribution < -0.4 is 5.32 Å². The fourth-order valence-corrected chi connectivity index (χ4v) is 2.24. The van der Waals surface area contributed by atoms with Crippen LogP contribution >= 0.6 is 0 Å². The quantitative estimate of drug-likeness (QED) is 0.649. The van der Waals surface area contributed by atoms with Crippen LogP contribution in [0, 0.1) is 6.92 Å². The smallest absolute Gasteiger partial charge is 0.407 e. The minimum atomic E-state index is -1.23. The van der Waals surface area contributed by atoms with E-state index in [1.807, 2.05) is 30.3 Å². The molecule has 0 bridgehead atoms. The zero-order valence-electron chi connectivity index (χ0n) is 13.3. The van der Waals surface area contributed by atoms with Crippen LogP contribution in [0.15, 0.2) is 48.5 Å². The molecule has 2 unspecified atom stereocenters. The summed E-state index contributed by atoms with van der Waals surface area (Å²) in [5.41, 5.74) is 1.74.